The van der Waals surface area contributed by atoms with Crippen LogP contribution in [0, 0.1) is 11.8 Å². The molecule has 0 aliphatic heterocycles. The molecule has 88 valence electrons. The first-order valence-electron chi connectivity index (χ1n) is 6.48. The Hall–Kier alpha value is -0.520. The van der Waals surface area contributed by atoms with E-state index in [2.05, 4.69) is 52.8 Å². The molecule has 0 spiro atoms. The van der Waals surface area contributed by atoms with Gasteiger partial charge < -0.3 is 0 Å². The van der Waals surface area contributed by atoms with E-state index < -0.39 is 0 Å². The Balaban J connectivity index is 4.03. The second-order valence-electron chi connectivity index (χ2n) is 4.63. The highest BCUT2D eigenvalue weighted by molar-refractivity contribution is 5.20. The van der Waals surface area contributed by atoms with Gasteiger partial charge in [0.2, 0.25) is 0 Å². The molecule has 0 radical (unpaired) electrons. The van der Waals surface area contributed by atoms with Crippen molar-refractivity contribution in [2.75, 3.05) is 0 Å². The molecule has 0 aromatic heterocycles. The van der Waals surface area contributed by atoms with Crippen molar-refractivity contribution in [3.63, 3.8) is 0 Å². The van der Waals surface area contributed by atoms with E-state index in [1.54, 1.807) is 0 Å². The van der Waals surface area contributed by atoms with Gasteiger partial charge in [-0.3, -0.25) is 0 Å². The summed E-state index contributed by atoms with van der Waals surface area (Å²) in [6.45, 7) is 11.3. The molecule has 0 heterocycles. The molecule has 0 heteroatoms. The fourth-order valence-electron chi connectivity index (χ4n) is 1.83. The quantitative estimate of drug-likeness (QED) is 0.494. The van der Waals surface area contributed by atoms with E-state index in [1.165, 1.54) is 31.3 Å². The first-order valence-corrected chi connectivity index (χ1v) is 6.48. The summed E-state index contributed by atoms with van der Waals surface area (Å²) in [6.07, 6.45) is 12.0. The van der Waals surface area contributed by atoms with Gasteiger partial charge in [-0.15, -0.1) is 0 Å². The normalized spacial score (nSPS) is 17.0. The molecule has 0 aromatic carbocycles. The highest BCUT2D eigenvalue weighted by atomic mass is 14.1. The van der Waals surface area contributed by atoms with Crippen molar-refractivity contribution in [2.24, 2.45) is 11.8 Å². The molecular formula is C15H28. The van der Waals surface area contributed by atoms with Gasteiger partial charge in [-0.05, 0) is 37.2 Å². The Bertz CT molecular complexity index is 198. The second kappa shape index (κ2) is 8.76. The lowest BCUT2D eigenvalue weighted by Gasteiger charge is -2.10. The van der Waals surface area contributed by atoms with Crippen molar-refractivity contribution < 1.29 is 0 Å². The molecule has 0 fully saturated rings. The van der Waals surface area contributed by atoms with Gasteiger partial charge in [0.15, 0.2) is 0 Å². The fraction of sp³-hybridized carbons (Fsp3) is 0.733. The lowest BCUT2D eigenvalue weighted by Crippen LogP contribution is -1.95. The van der Waals surface area contributed by atoms with Crippen molar-refractivity contribution in [2.45, 2.75) is 60.3 Å². The third-order valence-corrected chi connectivity index (χ3v) is 3.14. The van der Waals surface area contributed by atoms with Crippen LogP contribution in [0.3, 0.4) is 0 Å². The number of allylic oxidation sites excluding steroid dienone is 4. The topological polar surface area (TPSA) is 0 Å². The largest absolute Gasteiger partial charge is 0.0842 e. The number of hydrogen-bond donors (Lipinski definition) is 0. The summed E-state index contributed by atoms with van der Waals surface area (Å²) in [5.74, 6) is 1.54. The Kier molecular flexibility index (Phi) is 8.46. The van der Waals surface area contributed by atoms with E-state index in [0.717, 1.165) is 5.92 Å². The first kappa shape index (κ1) is 14.5. The minimum Gasteiger partial charge on any atom is -0.0842 e. The average Bonchev–Trinajstić information content (AvgIpc) is 2.24. The molecule has 0 bridgehead atoms. The fourth-order valence-corrected chi connectivity index (χ4v) is 1.83. The van der Waals surface area contributed by atoms with E-state index >= 15 is 0 Å². The molecular weight excluding hydrogens is 180 g/mol. The van der Waals surface area contributed by atoms with Crippen LogP contribution in [-0.4, -0.2) is 0 Å². The molecule has 0 amide bonds. The highest BCUT2D eigenvalue weighted by Crippen LogP contribution is 2.17. The zero-order chi connectivity index (χ0) is 11.7. The highest BCUT2D eigenvalue weighted by Gasteiger charge is 2.02. The summed E-state index contributed by atoms with van der Waals surface area (Å²) >= 11 is 0. The maximum Gasteiger partial charge on any atom is -0.0196 e. The summed E-state index contributed by atoms with van der Waals surface area (Å²) in [7, 11) is 0. The van der Waals surface area contributed by atoms with Gasteiger partial charge in [-0.1, -0.05) is 58.8 Å². The van der Waals surface area contributed by atoms with Crippen molar-refractivity contribution >= 4 is 0 Å². The molecule has 0 aliphatic carbocycles. The Morgan fingerprint density at radius 2 is 1.87 bits per heavy atom. The zero-order valence-electron chi connectivity index (χ0n) is 11.2. The minimum absolute atomic E-state index is 0.702. The lowest BCUT2D eigenvalue weighted by atomic mass is 9.96. The monoisotopic (exact) mass is 208 g/mol. The number of hydrogen-bond acceptors (Lipinski definition) is 0. The predicted octanol–water partition coefficient (Wildman–Crippen LogP) is 5.36. The van der Waals surface area contributed by atoms with E-state index in [9.17, 15) is 0 Å². The van der Waals surface area contributed by atoms with Crippen LogP contribution in [0.4, 0.5) is 0 Å². The molecule has 0 nitrogen and oxygen atoms in total. The van der Waals surface area contributed by atoms with Crippen molar-refractivity contribution in [3.8, 4) is 0 Å². The maximum atomic E-state index is 2.35. The van der Waals surface area contributed by atoms with Gasteiger partial charge in [0, 0.05) is 0 Å². The molecule has 0 rings (SSSR count). The van der Waals surface area contributed by atoms with E-state index in [4.69, 9.17) is 0 Å². The second-order valence-corrected chi connectivity index (χ2v) is 4.63. The van der Waals surface area contributed by atoms with Gasteiger partial charge in [-0.2, -0.15) is 0 Å². The van der Waals surface area contributed by atoms with Crippen molar-refractivity contribution in [3.05, 3.63) is 23.8 Å². The molecule has 0 aromatic rings. The molecule has 2 unspecified atom stereocenters. The van der Waals surface area contributed by atoms with Gasteiger partial charge in [0.1, 0.15) is 0 Å². The Morgan fingerprint density at radius 3 is 2.33 bits per heavy atom. The van der Waals surface area contributed by atoms with Gasteiger partial charge in [0.25, 0.3) is 0 Å². The summed E-state index contributed by atoms with van der Waals surface area (Å²) < 4.78 is 0. The SMILES string of the molecule is CC=C(C=CCC(C)CCC)C(C)CC. The predicted molar refractivity (Wildman–Crippen MR) is 71.0 cm³/mol. The van der Waals surface area contributed by atoms with Crippen molar-refractivity contribution in [1.29, 1.82) is 0 Å². The Labute approximate surface area is 96.5 Å². The van der Waals surface area contributed by atoms with Crippen molar-refractivity contribution in [1.82, 2.24) is 0 Å². The molecule has 0 saturated carbocycles. The van der Waals surface area contributed by atoms with Crippen LogP contribution in [0.15, 0.2) is 23.8 Å². The standard InChI is InChI=1S/C15H28/c1-6-10-13(4)11-9-12-15(8-3)14(5)7-2/h8-9,12-14H,6-7,10-11H2,1-5H3. The van der Waals surface area contributed by atoms with Gasteiger partial charge in [-0.25, -0.2) is 0 Å². The van der Waals surface area contributed by atoms with Crippen LogP contribution >= 0.6 is 0 Å². The molecule has 15 heavy (non-hydrogen) atoms. The maximum absolute atomic E-state index is 2.35. The molecule has 2 atom stereocenters. The summed E-state index contributed by atoms with van der Waals surface area (Å²) in [5.41, 5.74) is 1.49. The first-order chi connectivity index (χ1) is 7.15. The van der Waals surface area contributed by atoms with Gasteiger partial charge in [0.05, 0.1) is 0 Å². The third kappa shape index (κ3) is 6.54. The van der Waals surface area contributed by atoms with E-state index in [1.807, 2.05) is 0 Å². The summed E-state index contributed by atoms with van der Waals surface area (Å²) in [4.78, 5) is 0. The molecule has 0 N–H and O–H groups in total. The smallest absolute Gasteiger partial charge is 0.0196 e. The number of rotatable bonds is 7. The summed E-state index contributed by atoms with van der Waals surface area (Å²) in [6, 6.07) is 0. The van der Waals surface area contributed by atoms with Crippen LogP contribution in [0.25, 0.3) is 0 Å². The van der Waals surface area contributed by atoms with Crippen LogP contribution in [0.5, 0.6) is 0 Å². The third-order valence-electron chi connectivity index (χ3n) is 3.14. The zero-order valence-corrected chi connectivity index (χ0v) is 11.2. The van der Waals surface area contributed by atoms with E-state index in [0.29, 0.717) is 5.92 Å². The summed E-state index contributed by atoms with van der Waals surface area (Å²) in [5, 5.41) is 0. The van der Waals surface area contributed by atoms with E-state index in [-0.39, 0.29) is 0 Å². The van der Waals surface area contributed by atoms with Crippen LogP contribution < -0.4 is 0 Å². The average molecular weight is 208 g/mol. The lowest BCUT2D eigenvalue weighted by molar-refractivity contribution is 0.531. The van der Waals surface area contributed by atoms with Crippen LogP contribution in [-0.2, 0) is 0 Å². The molecule has 0 saturated heterocycles. The van der Waals surface area contributed by atoms with Crippen LogP contribution in [0.1, 0.15) is 60.3 Å². The van der Waals surface area contributed by atoms with Crippen LogP contribution in [0.2, 0.25) is 0 Å². The minimum atomic E-state index is 0.702. The Morgan fingerprint density at radius 1 is 1.20 bits per heavy atom. The van der Waals surface area contributed by atoms with Gasteiger partial charge >= 0.3 is 0 Å². The molecule has 0 aliphatic rings.